The average Bonchev–Trinajstić information content (AvgIpc) is 2.58. The molecule has 0 amide bonds. The van der Waals surface area contributed by atoms with Crippen LogP contribution in [0.1, 0.15) is 18.4 Å². The number of piperidine rings is 1. The van der Waals surface area contributed by atoms with Crippen molar-refractivity contribution in [2.24, 2.45) is 0 Å². The summed E-state index contributed by atoms with van der Waals surface area (Å²) < 4.78 is 13.7. The Kier molecular flexibility index (Phi) is 4.68. The van der Waals surface area contributed by atoms with Crippen LogP contribution in [0.5, 0.6) is 0 Å². The summed E-state index contributed by atoms with van der Waals surface area (Å²) in [4.78, 5) is 2.17. The highest BCUT2D eigenvalue weighted by atomic mass is 35.5. The van der Waals surface area contributed by atoms with Crippen molar-refractivity contribution in [2.75, 3.05) is 23.3 Å². The number of para-hydroxylation sites is 1. The van der Waals surface area contributed by atoms with Gasteiger partial charge in [-0.15, -0.1) is 0 Å². The van der Waals surface area contributed by atoms with E-state index >= 15 is 0 Å². The van der Waals surface area contributed by atoms with E-state index in [9.17, 15) is 9.65 Å². The molecule has 0 bridgehead atoms. The van der Waals surface area contributed by atoms with Gasteiger partial charge >= 0.3 is 0 Å². The number of rotatable bonds is 3. The van der Waals surface area contributed by atoms with Gasteiger partial charge in [0, 0.05) is 24.2 Å². The Morgan fingerprint density at radius 2 is 1.91 bits per heavy atom. The predicted molar refractivity (Wildman–Crippen MR) is 91.4 cm³/mol. The Morgan fingerprint density at radius 3 is 2.61 bits per heavy atom. The van der Waals surface area contributed by atoms with Crippen molar-refractivity contribution in [1.29, 1.82) is 5.26 Å². The average molecular weight is 330 g/mol. The summed E-state index contributed by atoms with van der Waals surface area (Å²) in [7, 11) is 0. The molecule has 0 unspecified atom stereocenters. The second-order valence-electron chi connectivity index (χ2n) is 5.66. The van der Waals surface area contributed by atoms with Crippen LogP contribution in [0.15, 0.2) is 42.5 Å². The van der Waals surface area contributed by atoms with Gasteiger partial charge in [-0.25, -0.2) is 4.39 Å². The van der Waals surface area contributed by atoms with Crippen LogP contribution >= 0.6 is 11.6 Å². The first-order valence-electron chi connectivity index (χ1n) is 7.63. The number of hydrogen-bond acceptors (Lipinski definition) is 3. The SMILES string of the molecule is N#Cc1ccc(Cl)cc1N1CCC(Nc2ccccc2F)CC1. The zero-order valence-electron chi connectivity index (χ0n) is 12.6. The van der Waals surface area contributed by atoms with Crippen LogP contribution < -0.4 is 10.2 Å². The Morgan fingerprint density at radius 1 is 1.17 bits per heavy atom. The van der Waals surface area contributed by atoms with Gasteiger partial charge in [0.1, 0.15) is 11.9 Å². The molecule has 0 aliphatic carbocycles. The first-order valence-corrected chi connectivity index (χ1v) is 8.01. The Labute approximate surface area is 140 Å². The highest BCUT2D eigenvalue weighted by molar-refractivity contribution is 6.30. The van der Waals surface area contributed by atoms with Crippen LogP contribution in [-0.2, 0) is 0 Å². The molecule has 1 N–H and O–H groups in total. The van der Waals surface area contributed by atoms with Gasteiger partial charge in [-0.05, 0) is 43.2 Å². The second-order valence-corrected chi connectivity index (χ2v) is 6.10. The third kappa shape index (κ3) is 3.57. The van der Waals surface area contributed by atoms with E-state index in [0.717, 1.165) is 31.6 Å². The largest absolute Gasteiger partial charge is 0.380 e. The lowest BCUT2D eigenvalue weighted by Crippen LogP contribution is -2.39. The molecule has 5 heteroatoms. The maximum Gasteiger partial charge on any atom is 0.146 e. The second kappa shape index (κ2) is 6.89. The predicted octanol–water partition coefficient (Wildman–Crippen LogP) is 4.43. The minimum atomic E-state index is -0.225. The number of hydrogen-bond donors (Lipinski definition) is 1. The smallest absolute Gasteiger partial charge is 0.146 e. The van der Waals surface area contributed by atoms with Crippen molar-refractivity contribution in [1.82, 2.24) is 0 Å². The van der Waals surface area contributed by atoms with E-state index in [4.69, 9.17) is 11.6 Å². The molecule has 2 aromatic rings. The van der Waals surface area contributed by atoms with Crippen molar-refractivity contribution >= 4 is 23.0 Å². The minimum Gasteiger partial charge on any atom is -0.380 e. The van der Waals surface area contributed by atoms with Crippen molar-refractivity contribution in [3.8, 4) is 6.07 Å². The van der Waals surface area contributed by atoms with E-state index in [2.05, 4.69) is 16.3 Å². The first-order chi connectivity index (χ1) is 11.2. The molecule has 3 nitrogen and oxygen atoms in total. The topological polar surface area (TPSA) is 39.1 Å². The van der Waals surface area contributed by atoms with Crippen LogP contribution in [0.3, 0.4) is 0 Å². The molecule has 1 saturated heterocycles. The highest BCUT2D eigenvalue weighted by Gasteiger charge is 2.21. The third-order valence-corrected chi connectivity index (χ3v) is 4.38. The fourth-order valence-electron chi connectivity index (χ4n) is 2.92. The van der Waals surface area contributed by atoms with Gasteiger partial charge in [0.2, 0.25) is 0 Å². The quantitative estimate of drug-likeness (QED) is 0.905. The van der Waals surface area contributed by atoms with Crippen molar-refractivity contribution in [3.63, 3.8) is 0 Å². The van der Waals surface area contributed by atoms with Crippen LogP contribution in [-0.4, -0.2) is 19.1 Å². The van der Waals surface area contributed by atoms with Crippen LogP contribution in [0, 0.1) is 17.1 Å². The van der Waals surface area contributed by atoms with Gasteiger partial charge < -0.3 is 10.2 Å². The maximum absolute atomic E-state index is 13.7. The van der Waals surface area contributed by atoms with E-state index in [-0.39, 0.29) is 11.9 Å². The van der Waals surface area contributed by atoms with Gasteiger partial charge in [0.05, 0.1) is 16.9 Å². The van der Waals surface area contributed by atoms with Gasteiger partial charge in [0.15, 0.2) is 0 Å². The molecular formula is C18H17ClFN3. The van der Waals surface area contributed by atoms with Crippen LogP contribution in [0.25, 0.3) is 0 Å². The summed E-state index contributed by atoms with van der Waals surface area (Å²) >= 11 is 6.06. The normalized spacial score (nSPS) is 15.3. The summed E-state index contributed by atoms with van der Waals surface area (Å²) in [5.41, 5.74) is 2.06. The number of halogens is 2. The maximum atomic E-state index is 13.7. The van der Waals surface area contributed by atoms with Crippen LogP contribution in [0.2, 0.25) is 5.02 Å². The zero-order chi connectivity index (χ0) is 16.2. The first kappa shape index (κ1) is 15.6. The Balaban J connectivity index is 1.66. The summed E-state index contributed by atoms with van der Waals surface area (Å²) in [6, 6.07) is 14.5. The van der Waals surface area contributed by atoms with Gasteiger partial charge in [-0.3, -0.25) is 0 Å². The molecule has 23 heavy (non-hydrogen) atoms. The molecule has 0 spiro atoms. The lowest BCUT2D eigenvalue weighted by Gasteiger charge is -2.35. The molecule has 3 rings (SSSR count). The van der Waals surface area contributed by atoms with E-state index in [1.54, 1.807) is 24.3 Å². The molecule has 0 atom stereocenters. The van der Waals surface area contributed by atoms with Gasteiger partial charge in [-0.1, -0.05) is 23.7 Å². The molecule has 0 saturated carbocycles. The Bertz CT molecular complexity index is 733. The third-order valence-electron chi connectivity index (χ3n) is 4.15. The van der Waals surface area contributed by atoms with Gasteiger partial charge in [0.25, 0.3) is 0 Å². The standard InChI is InChI=1S/C18H17ClFN3/c19-14-6-5-13(12-21)18(11-14)23-9-7-15(8-10-23)22-17-4-2-1-3-16(17)20/h1-6,11,15,22H,7-10H2. The van der Waals surface area contributed by atoms with E-state index in [1.165, 1.54) is 6.07 Å². The lowest BCUT2D eigenvalue weighted by atomic mass is 10.0. The summed E-state index contributed by atoms with van der Waals surface area (Å²) in [5.74, 6) is -0.225. The summed E-state index contributed by atoms with van der Waals surface area (Å²) in [6.07, 6.45) is 1.76. The van der Waals surface area contributed by atoms with E-state index < -0.39 is 0 Å². The molecule has 1 fully saturated rings. The summed E-state index contributed by atoms with van der Waals surface area (Å²) in [6.45, 7) is 1.61. The molecule has 0 aromatic heterocycles. The number of nitriles is 1. The minimum absolute atomic E-state index is 0.225. The number of benzene rings is 2. The molecule has 1 aliphatic rings. The number of anilines is 2. The van der Waals surface area contributed by atoms with E-state index in [0.29, 0.717) is 16.3 Å². The molecule has 2 aromatic carbocycles. The van der Waals surface area contributed by atoms with Crippen molar-refractivity contribution < 1.29 is 4.39 Å². The van der Waals surface area contributed by atoms with E-state index in [1.807, 2.05) is 12.1 Å². The van der Waals surface area contributed by atoms with Crippen molar-refractivity contribution in [2.45, 2.75) is 18.9 Å². The Hall–Kier alpha value is -2.25. The summed E-state index contributed by atoms with van der Waals surface area (Å²) in [5, 5.41) is 13.1. The fourth-order valence-corrected chi connectivity index (χ4v) is 3.09. The number of nitrogens with one attached hydrogen (secondary N) is 1. The number of nitrogens with zero attached hydrogens (tertiary/aromatic N) is 2. The monoisotopic (exact) mass is 329 g/mol. The fraction of sp³-hybridized carbons (Fsp3) is 0.278. The van der Waals surface area contributed by atoms with Gasteiger partial charge in [-0.2, -0.15) is 5.26 Å². The zero-order valence-corrected chi connectivity index (χ0v) is 13.4. The van der Waals surface area contributed by atoms with Crippen molar-refractivity contribution in [3.05, 3.63) is 58.9 Å². The molecule has 118 valence electrons. The molecule has 1 aliphatic heterocycles. The molecule has 1 heterocycles. The van der Waals surface area contributed by atoms with Crippen LogP contribution in [0.4, 0.5) is 15.8 Å². The lowest BCUT2D eigenvalue weighted by molar-refractivity contribution is 0.522. The molecular weight excluding hydrogens is 313 g/mol. The molecule has 0 radical (unpaired) electrons. The highest BCUT2D eigenvalue weighted by Crippen LogP contribution is 2.28.